The molecule has 2 aliphatic rings. The van der Waals surface area contributed by atoms with Gasteiger partial charge in [0.2, 0.25) is 0 Å². The molecule has 2 nitrogen and oxygen atoms in total. The maximum Gasteiger partial charge on any atom is 0.185 e. The summed E-state index contributed by atoms with van der Waals surface area (Å²) in [5.41, 5.74) is 1.26. The number of hydrogen-bond acceptors (Lipinski definition) is 2. The first-order chi connectivity index (χ1) is 7.55. The van der Waals surface area contributed by atoms with Crippen LogP contribution >= 0.6 is 0 Å². The third-order valence-electron chi connectivity index (χ3n) is 3.36. The van der Waals surface area contributed by atoms with Gasteiger partial charge in [-0.1, -0.05) is 41.5 Å². The molecule has 94 valence electrons. The van der Waals surface area contributed by atoms with Crippen molar-refractivity contribution in [3.63, 3.8) is 0 Å². The Kier molecular flexibility index (Phi) is 2.45. The van der Waals surface area contributed by atoms with Crippen LogP contribution in [0.25, 0.3) is 0 Å². The maximum absolute atomic E-state index is 12.5. The molecule has 1 spiro atoms. The molecule has 1 aliphatic carbocycles. The molecule has 0 atom stereocenters. The number of ether oxygens (including phenoxy) is 1. The summed E-state index contributed by atoms with van der Waals surface area (Å²) in [6.45, 7) is 13.2. The SMILES string of the molecule is CC(C)(C)C1=CC2(C=C(C(C)(C)C)C1=O)CO2. The van der Waals surface area contributed by atoms with Crippen molar-refractivity contribution in [3.05, 3.63) is 23.3 Å². The van der Waals surface area contributed by atoms with Crippen LogP contribution in [0, 0.1) is 10.8 Å². The fourth-order valence-electron chi connectivity index (χ4n) is 2.17. The van der Waals surface area contributed by atoms with E-state index in [0.29, 0.717) is 6.61 Å². The lowest BCUT2D eigenvalue weighted by Gasteiger charge is -2.32. The number of epoxide rings is 1. The van der Waals surface area contributed by atoms with Gasteiger partial charge in [0.15, 0.2) is 5.78 Å². The van der Waals surface area contributed by atoms with Gasteiger partial charge in [-0.3, -0.25) is 4.79 Å². The molecule has 2 heteroatoms. The molecule has 0 N–H and O–H groups in total. The summed E-state index contributed by atoms with van der Waals surface area (Å²) in [5.74, 6) is 0.186. The first-order valence-electron chi connectivity index (χ1n) is 6.21. The summed E-state index contributed by atoms with van der Waals surface area (Å²) in [7, 11) is 0. The Balaban J connectivity index is 2.47. The highest BCUT2D eigenvalue weighted by molar-refractivity contribution is 6.11. The van der Waals surface area contributed by atoms with E-state index >= 15 is 0 Å². The smallest absolute Gasteiger partial charge is 0.185 e. The van der Waals surface area contributed by atoms with Crippen molar-refractivity contribution in [2.24, 2.45) is 10.8 Å². The van der Waals surface area contributed by atoms with E-state index in [4.69, 9.17) is 4.74 Å². The molecule has 0 unspecified atom stereocenters. The minimum Gasteiger partial charge on any atom is -0.361 e. The van der Waals surface area contributed by atoms with Crippen LogP contribution in [0.15, 0.2) is 23.3 Å². The Morgan fingerprint density at radius 2 is 1.35 bits per heavy atom. The van der Waals surface area contributed by atoms with Crippen molar-refractivity contribution in [1.29, 1.82) is 0 Å². The number of carbonyl (C=O) groups excluding carboxylic acids is 1. The summed E-state index contributed by atoms with van der Waals surface area (Å²) < 4.78 is 5.53. The number of Topliss-reactive ketones (excluding diaryl/α,β-unsaturated/α-hetero) is 1. The van der Waals surface area contributed by atoms with Gasteiger partial charge in [0.05, 0.1) is 6.61 Å². The number of ketones is 1. The molecule has 1 fully saturated rings. The standard InChI is InChI=1S/C15H22O2/c1-13(2,3)10-7-15(9-17-15)8-11(12(10)16)14(4,5)6/h7-8H,9H2,1-6H3. The summed E-state index contributed by atoms with van der Waals surface area (Å²) in [4.78, 5) is 12.5. The molecule has 0 amide bonds. The predicted molar refractivity (Wildman–Crippen MR) is 68.8 cm³/mol. The molecule has 0 saturated carbocycles. The van der Waals surface area contributed by atoms with E-state index in [-0.39, 0.29) is 22.2 Å². The zero-order chi connectivity index (χ0) is 13.1. The zero-order valence-corrected chi connectivity index (χ0v) is 11.7. The first-order valence-corrected chi connectivity index (χ1v) is 6.21. The largest absolute Gasteiger partial charge is 0.361 e. The van der Waals surface area contributed by atoms with Crippen molar-refractivity contribution in [1.82, 2.24) is 0 Å². The maximum atomic E-state index is 12.5. The normalized spacial score (nSPS) is 23.5. The second-order valence-electron chi connectivity index (χ2n) is 7.19. The fourth-order valence-corrected chi connectivity index (χ4v) is 2.17. The molecule has 0 aromatic carbocycles. The van der Waals surface area contributed by atoms with Gasteiger partial charge in [-0.25, -0.2) is 0 Å². The van der Waals surface area contributed by atoms with Crippen molar-refractivity contribution < 1.29 is 9.53 Å². The van der Waals surface area contributed by atoms with E-state index < -0.39 is 0 Å². The predicted octanol–water partition coefficient (Wildman–Crippen LogP) is 3.28. The average Bonchev–Trinajstić information content (AvgIpc) is 2.86. The van der Waals surface area contributed by atoms with Gasteiger partial charge in [-0.2, -0.15) is 0 Å². The Morgan fingerprint density at radius 1 is 1.00 bits per heavy atom. The molecule has 1 heterocycles. The Bertz CT molecular complexity index is 385. The van der Waals surface area contributed by atoms with Crippen LogP contribution < -0.4 is 0 Å². The van der Waals surface area contributed by atoms with E-state index in [0.717, 1.165) is 11.1 Å². The quantitative estimate of drug-likeness (QED) is 0.602. The molecule has 1 saturated heterocycles. The lowest BCUT2D eigenvalue weighted by Crippen LogP contribution is -2.31. The number of hydrogen-bond donors (Lipinski definition) is 0. The molecular weight excluding hydrogens is 212 g/mol. The van der Waals surface area contributed by atoms with Crippen molar-refractivity contribution >= 4 is 5.78 Å². The summed E-state index contributed by atoms with van der Waals surface area (Å²) in [6, 6.07) is 0. The van der Waals surface area contributed by atoms with Crippen LogP contribution in [-0.2, 0) is 9.53 Å². The van der Waals surface area contributed by atoms with Crippen LogP contribution in [0.5, 0.6) is 0 Å². The van der Waals surface area contributed by atoms with E-state index in [1.165, 1.54) is 0 Å². The summed E-state index contributed by atoms with van der Waals surface area (Å²) in [6.07, 6.45) is 4.04. The molecule has 2 rings (SSSR count). The van der Waals surface area contributed by atoms with E-state index in [1.807, 2.05) is 12.2 Å². The Hall–Kier alpha value is -0.890. The molecule has 0 aromatic rings. The topological polar surface area (TPSA) is 29.6 Å². The van der Waals surface area contributed by atoms with Crippen LogP contribution in [-0.4, -0.2) is 18.0 Å². The molecule has 0 aromatic heterocycles. The van der Waals surface area contributed by atoms with Gasteiger partial charge in [-0.15, -0.1) is 0 Å². The molecule has 0 radical (unpaired) electrons. The van der Waals surface area contributed by atoms with Crippen molar-refractivity contribution in [2.45, 2.75) is 47.1 Å². The van der Waals surface area contributed by atoms with Gasteiger partial charge in [0, 0.05) is 11.1 Å². The molecule has 1 aliphatic heterocycles. The second kappa shape index (κ2) is 3.32. The second-order valence-corrected chi connectivity index (χ2v) is 7.19. The molecular formula is C15H22O2. The van der Waals surface area contributed by atoms with Crippen LogP contribution in [0.3, 0.4) is 0 Å². The van der Waals surface area contributed by atoms with E-state index in [2.05, 4.69) is 41.5 Å². The lowest BCUT2D eigenvalue weighted by molar-refractivity contribution is -0.114. The lowest BCUT2D eigenvalue weighted by atomic mass is 9.71. The number of rotatable bonds is 0. The summed E-state index contributed by atoms with van der Waals surface area (Å²) in [5, 5.41) is 0. The molecule has 17 heavy (non-hydrogen) atoms. The van der Waals surface area contributed by atoms with Crippen LogP contribution in [0.1, 0.15) is 41.5 Å². The van der Waals surface area contributed by atoms with Crippen molar-refractivity contribution in [2.75, 3.05) is 6.61 Å². The highest BCUT2D eigenvalue weighted by Gasteiger charge is 2.48. The van der Waals surface area contributed by atoms with Gasteiger partial charge in [-0.05, 0) is 23.0 Å². The van der Waals surface area contributed by atoms with Gasteiger partial charge < -0.3 is 4.74 Å². The van der Waals surface area contributed by atoms with Gasteiger partial charge in [0.25, 0.3) is 0 Å². The average molecular weight is 234 g/mol. The van der Waals surface area contributed by atoms with Crippen molar-refractivity contribution in [3.8, 4) is 0 Å². The van der Waals surface area contributed by atoms with Gasteiger partial charge >= 0.3 is 0 Å². The Labute approximate surface area is 104 Å². The third kappa shape index (κ3) is 2.23. The number of carbonyl (C=O) groups is 1. The monoisotopic (exact) mass is 234 g/mol. The van der Waals surface area contributed by atoms with Crippen LogP contribution in [0.4, 0.5) is 0 Å². The Morgan fingerprint density at radius 3 is 1.59 bits per heavy atom. The van der Waals surface area contributed by atoms with E-state index in [9.17, 15) is 4.79 Å². The summed E-state index contributed by atoms with van der Waals surface area (Å²) >= 11 is 0. The van der Waals surface area contributed by atoms with Gasteiger partial charge in [0.1, 0.15) is 5.60 Å². The first kappa shape index (κ1) is 12.6. The minimum atomic E-state index is -0.279. The highest BCUT2D eigenvalue weighted by atomic mass is 16.6. The molecule has 0 bridgehead atoms. The zero-order valence-electron chi connectivity index (χ0n) is 11.7. The third-order valence-corrected chi connectivity index (χ3v) is 3.36. The fraction of sp³-hybridized carbons (Fsp3) is 0.667. The number of allylic oxidation sites excluding steroid dienone is 2. The van der Waals surface area contributed by atoms with Crippen LogP contribution in [0.2, 0.25) is 0 Å². The van der Waals surface area contributed by atoms with E-state index in [1.54, 1.807) is 0 Å². The highest BCUT2D eigenvalue weighted by Crippen LogP contribution is 2.45. The minimum absolute atomic E-state index is 0.124.